The van der Waals surface area contributed by atoms with Crippen molar-refractivity contribution in [3.8, 4) is 0 Å². The molecule has 0 aliphatic carbocycles. The largest absolute Gasteiger partial charge is 0.383 e. The zero-order chi connectivity index (χ0) is 13.5. The third-order valence-corrected chi connectivity index (χ3v) is 3.03. The topological polar surface area (TPSA) is 24.5 Å². The maximum Gasteiger partial charge on any atom is 0.0637 e. The zero-order valence-corrected chi connectivity index (χ0v) is 12.4. The van der Waals surface area contributed by atoms with E-state index < -0.39 is 0 Å². The number of nitrogens with one attached hydrogen (secondary N) is 1. The molecule has 1 aromatic carbocycles. The van der Waals surface area contributed by atoms with Crippen LogP contribution in [0.15, 0.2) is 18.2 Å². The Kier molecular flexibility index (Phi) is 6.47. The number of anilines is 1. The van der Waals surface area contributed by atoms with E-state index in [2.05, 4.69) is 37.2 Å². The molecule has 0 unspecified atom stereocenters. The molecule has 1 N–H and O–H groups in total. The Bertz CT molecular complexity index is 369. The third-order valence-electron chi connectivity index (χ3n) is 2.79. The highest BCUT2D eigenvalue weighted by molar-refractivity contribution is 6.30. The van der Waals surface area contributed by atoms with Gasteiger partial charge >= 0.3 is 0 Å². The smallest absolute Gasteiger partial charge is 0.0637 e. The minimum Gasteiger partial charge on any atom is -0.383 e. The van der Waals surface area contributed by atoms with Crippen LogP contribution in [0.4, 0.5) is 5.69 Å². The van der Waals surface area contributed by atoms with Gasteiger partial charge in [0.1, 0.15) is 0 Å². The van der Waals surface area contributed by atoms with Crippen molar-refractivity contribution in [3.05, 3.63) is 28.8 Å². The Balaban J connectivity index is 2.81. The average molecular weight is 271 g/mol. The van der Waals surface area contributed by atoms with Gasteiger partial charge in [-0.2, -0.15) is 0 Å². The number of hydrogen-bond donors (Lipinski definition) is 1. The number of benzene rings is 1. The highest BCUT2D eigenvalue weighted by Crippen LogP contribution is 2.24. The first kappa shape index (κ1) is 15.3. The fourth-order valence-corrected chi connectivity index (χ4v) is 1.87. The monoisotopic (exact) mass is 270 g/mol. The molecule has 0 bridgehead atoms. The lowest BCUT2D eigenvalue weighted by molar-refractivity contribution is 0.206. The van der Waals surface area contributed by atoms with Crippen molar-refractivity contribution in [1.29, 1.82) is 0 Å². The molecule has 0 radical (unpaired) electrons. The number of nitrogens with zero attached hydrogens (tertiary/aromatic N) is 1. The number of hydrogen-bond acceptors (Lipinski definition) is 3. The van der Waals surface area contributed by atoms with E-state index in [0.717, 1.165) is 23.8 Å². The summed E-state index contributed by atoms with van der Waals surface area (Å²) < 4.78 is 5.11. The SMILES string of the molecule is COCCN(C)c1cc(Cl)ccc1CNC(C)C. The number of ether oxygens (including phenoxy) is 1. The molecule has 1 rings (SSSR count). The van der Waals surface area contributed by atoms with Gasteiger partial charge in [-0.3, -0.25) is 0 Å². The Labute approximate surface area is 115 Å². The first-order valence-corrected chi connectivity index (χ1v) is 6.64. The minimum absolute atomic E-state index is 0.470. The molecule has 18 heavy (non-hydrogen) atoms. The van der Waals surface area contributed by atoms with Gasteiger partial charge in [-0.25, -0.2) is 0 Å². The van der Waals surface area contributed by atoms with Crippen LogP contribution < -0.4 is 10.2 Å². The van der Waals surface area contributed by atoms with E-state index in [1.165, 1.54) is 5.56 Å². The van der Waals surface area contributed by atoms with E-state index in [9.17, 15) is 0 Å². The Hall–Kier alpha value is -0.770. The molecule has 3 nitrogen and oxygen atoms in total. The zero-order valence-electron chi connectivity index (χ0n) is 11.7. The van der Waals surface area contributed by atoms with Crippen LogP contribution in [-0.4, -0.2) is 33.4 Å². The predicted octanol–water partition coefficient (Wildman–Crippen LogP) is 2.92. The summed E-state index contributed by atoms with van der Waals surface area (Å²) in [5, 5.41) is 4.20. The highest BCUT2D eigenvalue weighted by Gasteiger charge is 2.08. The molecule has 1 aromatic rings. The minimum atomic E-state index is 0.470. The Morgan fingerprint density at radius 2 is 2.11 bits per heavy atom. The molecule has 0 saturated heterocycles. The molecule has 0 spiro atoms. The Morgan fingerprint density at radius 3 is 2.72 bits per heavy atom. The third kappa shape index (κ3) is 4.84. The van der Waals surface area contributed by atoms with E-state index in [0.29, 0.717) is 12.6 Å². The van der Waals surface area contributed by atoms with Crippen LogP contribution >= 0.6 is 11.6 Å². The summed E-state index contributed by atoms with van der Waals surface area (Å²) in [5.41, 5.74) is 2.42. The van der Waals surface area contributed by atoms with Crippen LogP contribution in [0.25, 0.3) is 0 Å². The molecule has 0 atom stereocenters. The Morgan fingerprint density at radius 1 is 1.39 bits per heavy atom. The van der Waals surface area contributed by atoms with E-state index in [-0.39, 0.29) is 0 Å². The second kappa shape index (κ2) is 7.62. The van der Waals surface area contributed by atoms with E-state index >= 15 is 0 Å². The van der Waals surface area contributed by atoms with Crippen molar-refractivity contribution >= 4 is 17.3 Å². The number of methoxy groups -OCH3 is 1. The van der Waals surface area contributed by atoms with Gasteiger partial charge in [0.05, 0.1) is 6.61 Å². The number of halogens is 1. The average Bonchev–Trinajstić information content (AvgIpc) is 2.34. The number of rotatable bonds is 7. The molecule has 0 saturated carbocycles. The van der Waals surface area contributed by atoms with Crippen LogP contribution in [0, 0.1) is 0 Å². The predicted molar refractivity (Wildman–Crippen MR) is 78.6 cm³/mol. The molecule has 0 amide bonds. The summed E-state index contributed by atoms with van der Waals surface area (Å²) >= 11 is 6.08. The second-order valence-electron chi connectivity index (χ2n) is 4.72. The lowest BCUT2D eigenvalue weighted by atomic mass is 10.1. The fourth-order valence-electron chi connectivity index (χ4n) is 1.70. The van der Waals surface area contributed by atoms with Crippen LogP contribution in [0.1, 0.15) is 19.4 Å². The van der Waals surface area contributed by atoms with E-state index in [1.54, 1.807) is 7.11 Å². The van der Waals surface area contributed by atoms with Crippen molar-refractivity contribution < 1.29 is 4.74 Å². The van der Waals surface area contributed by atoms with Crippen LogP contribution in [0.5, 0.6) is 0 Å². The van der Waals surface area contributed by atoms with Gasteiger partial charge < -0.3 is 15.0 Å². The molecule has 102 valence electrons. The van der Waals surface area contributed by atoms with Gasteiger partial charge in [0.2, 0.25) is 0 Å². The lowest BCUT2D eigenvalue weighted by Crippen LogP contribution is -2.26. The number of likely N-dealkylation sites (N-methyl/N-ethyl adjacent to an activating group) is 1. The van der Waals surface area contributed by atoms with Crippen LogP contribution in [0.2, 0.25) is 5.02 Å². The van der Waals surface area contributed by atoms with Gasteiger partial charge in [0.15, 0.2) is 0 Å². The van der Waals surface area contributed by atoms with Crippen molar-refractivity contribution in [2.24, 2.45) is 0 Å². The normalized spacial score (nSPS) is 11.0. The standard InChI is InChI=1S/C14H23ClN2O/c1-11(2)16-10-12-5-6-13(15)9-14(12)17(3)7-8-18-4/h5-6,9,11,16H,7-8,10H2,1-4H3. The van der Waals surface area contributed by atoms with Crippen LogP contribution in [0.3, 0.4) is 0 Å². The molecule has 0 aliphatic rings. The van der Waals surface area contributed by atoms with Gasteiger partial charge in [-0.1, -0.05) is 31.5 Å². The van der Waals surface area contributed by atoms with Crippen LogP contribution in [-0.2, 0) is 11.3 Å². The maximum atomic E-state index is 6.08. The molecule has 0 fully saturated rings. The first-order chi connectivity index (χ1) is 8.54. The van der Waals surface area contributed by atoms with Gasteiger partial charge in [0.25, 0.3) is 0 Å². The lowest BCUT2D eigenvalue weighted by Gasteiger charge is -2.23. The van der Waals surface area contributed by atoms with Gasteiger partial charge in [0, 0.05) is 44.0 Å². The first-order valence-electron chi connectivity index (χ1n) is 6.26. The summed E-state index contributed by atoms with van der Waals surface area (Å²) in [6.45, 7) is 6.70. The molecule has 0 aromatic heterocycles. The quantitative estimate of drug-likeness (QED) is 0.825. The molecular weight excluding hydrogens is 248 g/mol. The van der Waals surface area contributed by atoms with E-state index in [4.69, 9.17) is 16.3 Å². The fraction of sp³-hybridized carbons (Fsp3) is 0.571. The van der Waals surface area contributed by atoms with Crippen molar-refractivity contribution in [2.45, 2.75) is 26.4 Å². The summed E-state index contributed by atoms with van der Waals surface area (Å²) in [5.74, 6) is 0. The highest BCUT2D eigenvalue weighted by atomic mass is 35.5. The summed E-state index contributed by atoms with van der Waals surface area (Å²) in [4.78, 5) is 2.17. The van der Waals surface area contributed by atoms with E-state index in [1.807, 2.05) is 12.1 Å². The maximum absolute atomic E-state index is 6.08. The molecule has 0 heterocycles. The second-order valence-corrected chi connectivity index (χ2v) is 5.16. The molecular formula is C14H23ClN2O. The summed E-state index contributed by atoms with van der Waals surface area (Å²) in [7, 11) is 3.77. The molecule has 4 heteroatoms. The molecule has 0 aliphatic heterocycles. The van der Waals surface area contributed by atoms with Gasteiger partial charge in [-0.15, -0.1) is 0 Å². The summed E-state index contributed by atoms with van der Waals surface area (Å²) in [6, 6.07) is 6.50. The van der Waals surface area contributed by atoms with Gasteiger partial charge in [-0.05, 0) is 17.7 Å². The van der Waals surface area contributed by atoms with Crippen molar-refractivity contribution in [2.75, 3.05) is 32.2 Å². The van der Waals surface area contributed by atoms with Crippen molar-refractivity contribution in [3.63, 3.8) is 0 Å². The van der Waals surface area contributed by atoms with Crippen molar-refractivity contribution in [1.82, 2.24) is 5.32 Å². The summed E-state index contributed by atoms with van der Waals surface area (Å²) in [6.07, 6.45) is 0.